The Morgan fingerprint density at radius 2 is 2.19 bits per heavy atom. The summed E-state index contributed by atoms with van der Waals surface area (Å²) in [5.41, 5.74) is 0.940. The molecule has 21 heavy (non-hydrogen) atoms. The Bertz CT molecular complexity index is 560. The van der Waals surface area contributed by atoms with Crippen LogP contribution in [0, 0.1) is 0 Å². The normalized spacial score (nSPS) is 21.5. The van der Waals surface area contributed by atoms with Crippen molar-refractivity contribution in [2.24, 2.45) is 0 Å². The van der Waals surface area contributed by atoms with Crippen molar-refractivity contribution >= 4 is 23.6 Å². The number of nitrogens with one attached hydrogen (secondary N) is 1. The fourth-order valence-corrected chi connectivity index (χ4v) is 3.62. The molecule has 1 N–H and O–H groups in total. The molecule has 1 atom stereocenters. The summed E-state index contributed by atoms with van der Waals surface area (Å²) in [5.74, 6) is 1.08. The number of benzene rings is 1. The molecule has 1 aromatic rings. The number of ether oxygens (including phenoxy) is 1. The Balaban J connectivity index is 1.76. The molecular weight excluding hydrogens is 288 g/mol. The van der Waals surface area contributed by atoms with Crippen molar-refractivity contribution in [3.05, 3.63) is 29.8 Å². The molecule has 1 aliphatic heterocycles. The highest BCUT2D eigenvalue weighted by Crippen LogP contribution is 2.42. The smallest absolute Gasteiger partial charge is 0.239 e. The minimum absolute atomic E-state index is 0.00172. The van der Waals surface area contributed by atoms with Gasteiger partial charge in [-0.1, -0.05) is 18.2 Å². The Labute approximate surface area is 128 Å². The molecule has 0 unspecified atom stereocenters. The van der Waals surface area contributed by atoms with Gasteiger partial charge in [-0.05, 0) is 18.9 Å². The zero-order chi connectivity index (χ0) is 14.8. The quantitative estimate of drug-likeness (QED) is 0.896. The van der Waals surface area contributed by atoms with Crippen LogP contribution in [0.25, 0.3) is 0 Å². The summed E-state index contributed by atoms with van der Waals surface area (Å²) in [7, 11) is 1.62. The number of nitrogens with zero attached hydrogens (tertiary/aromatic N) is 1. The van der Waals surface area contributed by atoms with Crippen molar-refractivity contribution in [3.63, 3.8) is 0 Å². The van der Waals surface area contributed by atoms with Crippen LogP contribution in [0.3, 0.4) is 0 Å². The third kappa shape index (κ3) is 3.15. The fourth-order valence-electron chi connectivity index (χ4n) is 2.41. The van der Waals surface area contributed by atoms with Crippen LogP contribution in [-0.2, 0) is 9.59 Å². The Kier molecular flexibility index (Phi) is 4.05. The van der Waals surface area contributed by atoms with E-state index in [0.717, 1.165) is 24.2 Å². The molecular formula is C15H18N2O3S. The van der Waals surface area contributed by atoms with E-state index < -0.39 is 0 Å². The predicted molar refractivity (Wildman–Crippen MR) is 81.1 cm³/mol. The SMILES string of the molecule is COc1ccccc1[C@H]1SCC(=O)N1CC(=O)NC1CC1. The number of para-hydroxylation sites is 1. The molecule has 3 rings (SSSR count). The molecule has 0 bridgehead atoms. The molecule has 2 fully saturated rings. The van der Waals surface area contributed by atoms with Crippen LogP contribution in [0.5, 0.6) is 5.75 Å². The van der Waals surface area contributed by atoms with Crippen LogP contribution in [0.15, 0.2) is 24.3 Å². The van der Waals surface area contributed by atoms with E-state index in [1.165, 1.54) is 11.8 Å². The zero-order valence-corrected chi connectivity index (χ0v) is 12.7. The standard InChI is InChI=1S/C15H18N2O3S/c1-20-12-5-3-2-4-11(12)15-17(14(19)9-21-15)8-13(18)16-10-6-7-10/h2-5,10,15H,6-9H2,1H3,(H,16,18)/t15-/m1/s1. The third-order valence-corrected chi connectivity index (χ3v) is 4.87. The van der Waals surface area contributed by atoms with Crippen LogP contribution in [0.1, 0.15) is 23.8 Å². The maximum atomic E-state index is 12.1. The van der Waals surface area contributed by atoms with Gasteiger partial charge >= 0.3 is 0 Å². The topological polar surface area (TPSA) is 58.6 Å². The van der Waals surface area contributed by atoms with Crippen LogP contribution < -0.4 is 10.1 Å². The van der Waals surface area contributed by atoms with E-state index in [1.807, 2.05) is 24.3 Å². The molecule has 0 spiro atoms. The lowest BCUT2D eigenvalue weighted by molar-refractivity contribution is -0.133. The summed E-state index contributed by atoms with van der Waals surface area (Å²) in [5, 5.41) is 2.77. The van der Waals surface area contributed by atoms with Crippen molar-refractivity contribution in [2.75, 3.05) is 19.4 Å². The number of carbonyl (C=O) groups is 2. The second kappa shape index (κ2) is 5.97. The maximum absolute atomic E-state index is 12.1. The molecule has 1 saturated heterocycles. The lowest BCUT2D eigenvalue weighted by Gasteiger charge is -2.25. The molecule has 1 aliphatic carbocycles. The van der Waals surface area contributed by atoms with E-state index in [0.29, 0.717) is 11.8 Å². The number of methoxy groups -OCH3 is 1. The molecule has 1 saturated carbocycles. The summed E-state index contributed by atoms with van der Waals surface area (Å²) < 4.78 is 5.37. The van der Waals surface area contributed by atoms with Crippen molar-refractivity contribution in [1.82, 2.24) is 10.2 Å². The average molecular weight is 306 g/mol. The number of hydrogen-bond acceptors (Lipinski definition) is 4. The van der Waals surface area contributed by atoms with Gasteiger partial charge in [-0.3, -0.25) is 9.59 Å². The van der Waals surface area contributed by atoms with Gasteiger partial charge < -0.3 is 15.0 Å². The number of rotatable bonds is 5. The maximum Gasteiger partial charge on any atom is 0.239 e. The summed E-state index contributed by atoms with van der Waals surface area (Å²) in [6, 6.07) is 7.95. The number of thioether (sulfide) groups is 1. The molecule has 112 valence electrons. The molecule has 1 heterocycles. The van der Waals surface area contributed by atoms with E-state index in [4.69, 9.17) is 4.74 Å². The molecule has 2 aliphatic rings. The van der Waals surface area contributed by atoms with Crippen molar-refractivity contribution in [1.29, 1.82) is 0 Å². The van der Waals surface area contributed by atoms with Gasteiger partial charge in [-0.25, -0.2) is 0 Å². The van der Waals surface area contributed by atoms with Gasteiger partial charge in [0.1, 0.15) is 17.7 Å². The van der Waals surface area contributed by atoms with Gasteiger partial charge in [-0.2, -0.15) is 0 Å². The summed E-state index contributed by atoms with van der Waals surface area (Å²) in [6.07, 6.45) is 2.09. The van der Waals surface area contributed by atoms with Crippen molar-refractivity contribution < 1.29 is 14.3 Å². The van der Waals surface area contributed by atoms with Crippen LogP contribution >= 0.6 is 11.8 Å². The second-order valence-electron chi connectivity index (χ2n) is 5.27. The van der Waals surface area contributed by atoms with Gasteiger partial charge in [0.2, 0.25) is 11.8 Å². The van der Waals surface area contributed by atoms with Crippen molar-refractivity contribution in [3.8, 4) is 5.75 Å². The third-order valence-electron chi connectivity index (χ3n) is 3.63. The van der Waals surface area contributed by atoms with E-state index in [1.54, 1.807) is 12.0 Å². The first-order valence-corrected chi connectivity index (χ1v) is 8.07. The summed E-state index contributed by atoms with van der Waals surface area (Å²) in [6.45, 7) is 0.116. The van der Waals surface area contributed by atoms with E-state index in [9.17, 15) is 9.59 Å². The highest BCUT2D eigenvalue weighted by atomic mass is 32.2. The molecule has 1 aromatic carbocycles. The minimum Gasteiger partial charge on any atom is -0.496 e. The van der Waals surface area contributed by atoms with Crippen molar-refractivity contribution in [2.45, 2.75) is 24.3 Å². The van der Waals surface area contributed by atoms with Gasteiger partial charge in [-0.15, -0.1) is 11.8 Å². The zero-order valence-electron chi connectivity index (χ0n) is 11.9. The molecule has 2 amide bonds. The van der Waals surface area contributed by atoms with Crippen LogP contribution in [0.4, 0.5) is 0 Å². The molecule has 6 heteroatoms. The molecule has 5 nitrogen and oxygen atoms in total. The number of amides is 2. The lowest BCUT2D eigenvalue weighted by Crippen LogP contribution is -2.40. The van der Waals surface area contributed by atoms with Gasteiger partial charge in [0.05, 0.1) is 12.9 Å². The Hall–Kier alpha value is -1.69. The van der Waals surface area contributed by atoms with E-state index >= 15 is 0 Å². The van der Waals surface area contributed by atoms with Crippen LogP contribution in [-0.4, -0.2) is 42.2 Å². The Morgan fingerprint density at radius 1 is 1.43 bits per heavy atom. The average Bonchev–Trinajstić information content (AvgIpc) is 3.23. The van der Waals surface area contributed by atoms with E-state index in [2.05, 4.69) is 5.32 Å². The van der Waals surface area contributed by atoms with E-state index in [-0.39, 0.29) is 23.7 Å². The van der Waals surface area contributed by atoms with Gasteiger partial charge in [0, 0.05) is 11.6 Å². The summed E-state index contributed by atoms with van der Waals surface area (Å²) in [4.78, 5) is 25.7. The Morgan fingerprint density at radius 3 is 2.90 bits per heavy atom. The second-order valence-corrected chi connectivity index (χ2v) is 6.34. The monoisotopic (exact) mass is 306 g/mol. The minimum atomic E-state index is -0.154. The highest BCUT2D eigenvalue weighted by Gasteiger charge is 2.36. The fraction of sp³-hybridized carbons (Fsp3) is 0.467. The first-order chi connectivity index (χ1) is 10.2. The molecule has 0 aromatic heterocycles. The first-order valence-electron chi connectivity index (χ1n) is 7.02. The van der Waals surface area contributed by atoms with Crippen LogP contribution in [0.2, 0.25) is 0 Å². The number of carbonyl (C=O) groups excluding carboxylic acids is 2. The molecule has 0 radical (unpaired) electrons. The summed E-state index contributed by atoms with van der Waals surface area (Å²) >= 11 is 1.53. The van der Waals surface area contributed by atoms with Gasteiger partial charge in [0.25, 0.3) is 0 Å². The largest absolute Gasteiger partial charge is 0.496 e. The lowest BCUT2D eigenvalue weighted by atomic mass is 10.2. The highest BCUT2D eigenvalue weighted by molar-refractivity contribution is 8.00. The predicted octanol–water partition coefficient (Wildman–Crippen LogP) is 1.55. The van der Waals surface area contributed by atoms with Gasteiger partial charge in [0.15, 0.2) is 0 Å². The number of hydrogen-bond donors (Lipinski definition) is 1. The first kappa shape index (κ1) is 14.3.